The predicted octanol–water partition coefficient (Wildman–Crippen LogP) is 2.59. The third kappa shape index (κ3) is 3.12. The second kappa shape index (κ2) is 5.33. The maximum absolute atomic E-state index is 12.4. The molecule has 0 saturated carbocycles. The molecule has 0 spiro atoms. The van der Waals surface area contributed by atoms with Crippen molar-refractivity contribution in [1.29, 1.82) is 0 Å². The highest BCUT2D eigenvalue weighted by Crippen LogP contribution is 2.27. The Kier molecular flexibility index (Phi) is 4.06. The van der Waals surface area contributed by atoms with Crippen molar-refractivity contribution in [2.45, 2.75) is 24.3 Å². The molecule has 3 N–H and O–H groups in total. The number of sulfonamides is 1. The monoisotopic (exact) mass is 331 g/mol. The average molecular weight is 332 g/mol. The lowest BCUT2D eigenvalue weighted by Gasteiger charge is -2.24. The number of nitrogens with one attached hydrogen (secondary N) is 1. The van der Waals surface area contributed by atoms with Crippen molar-refractivity contribution in [3.8, 4) is 0 Å². The molecule has 20 heavy (non-hydrogen) atoms. The molecule has 0 saturated heterocycles. The van der Waals surface area contributed by atoms with Gasteiger partial charge in [0, 0.05) is 16.6 Å². The summed E-state index contributed by atoms with van der Waals surface area (Å²) in [6.45, 7) is 3.49. The molecule has 0 aliphatic heterocycles. The van der Waals surface area contributed by atoms with Gasteiger partial charge >= 0.3 is 0 Å². The predicted molar refractivity (Wildman–Crippen MR) is 81.3 cm³/mol. The van der Waals surface area contributed by atoms with Gasteiger partial charge in [-0.15, -0.1) is 11.3 Å². The highest BCUT2D eigenvalue weighted by atomic mass is 35.5. The van der Waals surface area contributed by atoms with E-state index in [2.05, 4.69) is 9.71 Å². The SMILES string of the molecule is CC(C)(NS(=O)(=O)c1ccc(Cl)cc1N)c1nccs1. The standard InChI is InChI=1S/C12H14ClN3O2S2/c1-12(2,11-15-5-6-19-11)16-20(17,18)10-4-3-8(13)7-9(10)14/h3-7,16H,14H2,1-2H3. The number of anilines is 1. The topological polar surface area (TPSA) is 85.1 Å². The minimum absolute atomic E-state index is 0.00605. The molecule has 1 heterocycles. The van der Waals surface area contributed by atoms with Crippen LogP contribution in [0.4, 0.5) is 5.69 Å². The van der Waals surface area contributed by atoms with Crippen molar-refractivity contribution in [2.75, 3.05) is 5.73 Å². The van der Waals surface area contributed by atoms with Crippen LogP contribution in [0.1, 0.15) is 18.9 Å². The Morgan fingerprint density at radius 1 is 1.40 bits per heavy atom. The van der Waals surface area contributed by atoms with E-state index in [-0.39, 0.29) is 10.6 Å². The van der Waals surface area contributed by atoms with Crippen molar-refractivity contribution in [3.05, 3.63) is 39.8 Å². The van der Waals surface area contributed by atoms with Crippen LogP contribution in [0.15, 0.2) is 34.7 Å². The normalized spacial score (nSPS) is 12.6. The first kappa shape index (κ1) is 15.2. The van der Waals surface area contributed by atoms with E-state index in [0.717, 1.165) is 0 Å². The zero-order valence-electron chi connectivity index (χ0n) is 10.9. The third-order valence-electron chi connectivity index (χ3n) is 2.62. The first-order valence-electron chi connectivity index (χ1n) is 5.71. The van der Waals surface area contributed by atoms with Gasteiger partial charge in [0.05, 0.1) is 11.2 Å². The van der Waals surface area contributed by atoms with E-state index in [1.54, 1.807) is 25.4 Å². The van der Waals surface area contributed by atoms with Gasteiger partial charge in [0.2, 0.25) is 10.0 Å². The second-order valence-electron chi connectivity index (χ2n) is 4.75. The number of aromatic nitrogens is 1. The number of nitrogens with zero attached hydrogens (tertiary/aromatic N) is 1. The molecule has 0 aliphatic rings. The van der Waals surface area contributed by atoms with Crippen molar-refractivity contribution < 1.29 is 8.42 Å². The minimum Gasteiger partial charge on any atom is -0.398 e. The Bertz CT molecular complexity index is 712. The summed E-state index contributed by atoms with van der Waals surface area (Å²) in [5.74, 6) is 0. The van der Waals surface area contributed by atoms with Crippen LogP contribution in [0.3, 0.4) is 0 Å². The molecule has 0 radical (unpaired) electrons. The van der Waals surface area contributed by atoms with Gasteiger partial charge in [-0.3, -0.25) is 0 Å². The lowest BCUT2D eigenvalue weighted by Crippen LogP contribution is -2.41. The molecule has 0 amide bonds. The summed E-state index contributed by atoms with van der Waals surface area (Å²) in [7, 11) is -3.76. The van der Waals surface area contributed by atoms with Crippen molar-refractivity contribution in [1.82, 2.24) is 9.71 Å². The van der Waals surface area contributed by atoms with E-state index in [1.807, 2.05) is 0 Å². The maximum atomic E-state index is 12.4. The summed E-state index contributed by atoms with van der Waals surface area (Å²) >= 11 is 7.16. The van der Waals surface area contributed by atoms with E-state index in [9.17, 15) is 8.42 Å². The van der Waals surface area contributed by atoms with Gasteiger partial charge in [-0.1, -0.05) is 11.6 Å². The van der Waals surface area contributed by atoms with Gasteiger partial charge in [-0.05, 0) is 32.0 Å². The molecule has 0 unspecified atom stereocenters. The molecule has 0 bridgehead atoms. The zero-order valence-corrected chi connectivity index (χ0v) is 13.3. The second-order valence-corrected chi connectivity index (χ2v) is 7.73. The molecule has 1 aromatic carbocycles. The Balaban J connectivity index is 2.37. The van der Waals surface area contributed by atoms with Crippen molar-refractivity contribution in [3.63, 3.8) is 0 Å². The van der Waals surface area contributed by atoms with Crippen LogP contribution in [0, 0.1) is 0 Å². The van der Waals surface area contributed by atoms with Gasteiger partial charge in [-0.25, -0.2) is 13.4 Å². The Morgan fingerprint density at radius 3 is 2.65 bits per heavy atom. The summed E-state index contributed by atoms with van der Waals surface area (Å²) in [5.41, 5.74) is 5.02. The van der Waals surface area contributed by atoms with Crippen LogP contribution in [0.25, 0.3) is 0 Å². The number of hydrogen-bond donors (Lipinski definition) is 2. The maximum Gasteiger partial charge on any atom is 0.243 e. The van der Waals surface area contributed by atoms with Crippen LogP contribution >= 0.6 is 22.9 Å². The average Bonchev–Trinajstić information content (AvgIpc) is 2.80. The fourth-order valence-electron chi connectivity index (χ4n) is 1.73. The van der Waals surface area contributed by atoms with E-state index >= 15 is 0 Å². The largest absolute Gasteiger partial charge is 0.398 e. The van der Waals surface area contributed by atoms with E-state index in [1.165, 1.54) is 29.5 Å². The van der Waals surface area contributed by atoms with Crippen LogP contribution < -0.4 is 10.5 Å². The highest BCUT2D eigenvalue weighted by molar-refractivity contribution is 7.89. The molecule has 5 nitrogen and oxygen atoms in total. The lowest BCUT2D eigenvalue weighted by molar-refractivity contribution is 0.470. The van der Waals surface area contributed by atoms with Gasteiger partial charge in [-0.2, -0.15) is 4.72 Å². The van der Waals surface area contributed by atoms with E-state index in [4.69, 9.17) is 17.3 Å². The first-order chi connectivity index (χ1) is 9.22. The molecule has 0 fully saturated rings. The fourth-order valence-corrected chi connectivity index (χ4v) is 4.19. The van der Waals surface area contributed by atoms with Crippen LogP contribution in [-0.4, -0.2) is 13.4 Å². The van der Waals surface area contributed by atoms with Crippen molar-refractivity contribution >= 4 is 38.6 Å². The quantitative estimate of drug-likeness (QED) is 0.843. The smallest absolute Gasteiger partial charge is 0.243 e. The Hall–Kier alpha value is -1.15. The number of nitrogens with two attached hydrogens (primary N) is 1. The number of hydrogen-bond acceptors (Lipinski definition) is 5. The molecule has 0 atom stereocenters. The molecule has 2 rings (SSSR count). The Labute approximate surface area is 126 Å². The van der Waals surface area contributed by atoms with Crippen molar-refractivity contribution in [2.24, 2.45) is 0 Å². The molecule has 8 heteroatoms. The summed E-state index contributed by atoms with van der Waals surface area (Å²) < 4.78 is 27.4. The number of nitrogen functional groups attached to an aromatic ring is 1. The molecule has 1 aromatic heterocycles. The number of halogens is 1. The summed E-state index contributed by atoms with van der Waals surface area (Å²) in [6, 6.07) is 4.29. The van der Waals surface area contributed by atoms with E-state index < -0.39 is 15.6 Å². The number of rotatable bonds is 4. The molecular formula is C12H14ClN3O2S2. The molecule has 2 aromatic rings. The first-order valence-corrected chi connectivity index (χ1v) is 8.45. The zero-order chi connectivity index (χ0) is 15.0. The highest BCUT2D eigenvalue weighted by Gasteiger charge is 2.31. The van der Waals surface area contributed by atoms with Crippen LogP contribution in [0.2, 0.25) is 5.02 Å². The third-order valence-corrected chi connectivity index (χ3v) is 5.68. The van der Waals surface area contributed by atoms with Crippen LogP contribution in [-0.2, 0) is 15.6 Å². The molecule has 0 aliphatic carbocycles. The molecular weight excluding hydrogens is 318 g/mol. The molecule has 108 valence electrons. The van der Waals surface area contributed by atoms with Gasteiger partial charge in [0.1, 0.15) is 9.90 Å². The summed E-state index contributed by atoms with van der Waals surface area (Å²) in [6.07, 6.45) is 1.63. The van der Waals surface area contributed by atoms with Gasteiger partial charge in [0.25, 0.3) is 0 Å². The minimum atomic E-state index is -3.76. The van der Waals surface area contributed by atoms with Gasteiger partial charge in [0.15, 0.2) is 0 Å². The summed E-state index contributed by atoms with van der Waals surface area (Å²) in [5, 5.41) is 2.86. The summed E-state index contributed by atoms with van der Waals surface area (Å²) in [4.78, 5) is 4.15. The number of benzene rings is 1. The fraction of sp³-hybridized carbons (Fsp3) is 0.250. The number of thiazole rings is 1. The van der Waals surface area contributed by atoms with Gasteiger partial charge < -0.3 is 5.73 Å². The van der Waals surface area contributed by atoms with Crippen LogP contribution in [0.5, 0.6) is 0 Å². The lowest BCUT2D eigenvalue weighted by atomic mass is 10.1. The van der Waals surface area contributed by atoms with E-state index in [0.29, 0.717) is 10.0 Å². The Morgan fingerprint density at radius 2 is 2.10 bits per heavy atom.